The molecule has 0 amide bonds. The predicted octanol–water partition coefficient (Wildman–Crippen LogP) is 1.22. The van der Waals surface area contributed by atoms with Crippen LogP contribution in [-0.2, 0) is 4.79 Å². The topological polar surface area (TPSA) is 63.3 Å². The largest absolute Gasteiger partial charge is 0.481 e. The Bertz CT molecular complexity index is 185. The maximum absolute atomic E-state index is 10.8. The van der Waals surface area contributed by atoms with Crippen molar-refractivity contribution in [3.8, 4) is 0 Å². The smallest absolute Gasteiger partial charge is 0.311 e. The molecule has 3 N–H and O–H groups in total. The zero-order chi connectivity index (χ0) is 9.35. The first-order valence-electron chi connectivity index (χ1n) is 4.48. The Morgan fingerprint density at radius 1 is 1.58 bits per heavy atom. The summed E-state index contributed by atoms with van der Waals surface area (Å²) >= 11 is 0. The van der Waals surface area contributed by atoms with Crippen LogP contribution in [0.1, 0.15) is 33.1 Å². The number of carboxylic acid groups (broad SMARTS) is 1. The molecule has 1 rings (SSSR count). The van der Waals surface area contributed by atoms with Crippen LogP contribution in [0.5, 0.6) is 0 Å². The maximum atomic E-state index is 10.8. The van der Waals surface area contributed by atoms with E-state index in [0.717, 1.165) is 19.3 Å². The van der Waals surface area contributed by atoms with Gasteiger partial charge in [-0.1, -0.05) is 13.8 Å². The molecular weight excluding hydrogens is 154 g/mol. The van der Waals surface area contributed by atoms with Crippen LogP contribution in [-0.4, -0.2) is 17.1 Å². The van der Waals surface area contributed by atoms with Crippen molar-refractivity contribution in [3.63, 3.8) is 0 Å². The molecule has 0 saturated heterocycles. The van der Waals surface area contributed by atoms with E-state index in [0.29, 0.717) is 5.92 Å². The number of carboxylic acids is 1. The lowest BCUT2D eigenvalue weighted by Gasteiger charge is -2.20. The fraction of sp³-hybridized carbons (Fsp3) is 0.889. The van der Waals surface area contributed by atoms with Gasteiger partial charge >= 0.3 is 5.97 Å². The molecule has 0 spiro atoms. The van der Waals surface area contributed by atoms with E-state index in [1.807, 2.05) is 0 Å². The molecule has 1 aliphatic carbocycles. The molecule has 0 aliphatic heterocycles. The quantitative estimate of drug-likeness (QED) is 0.668. The summed E-state index contributed by atoms with van der Waals surface area (Å²) in [6, 6.07) is -0.157. The normalized spacial score (nSPS) is 22.3. The minimum atomic E-state index is -0.712. The summed E-state index contributed by atoms with van der Waals surface area (Å²) < 4.78 is 0. The van der Waals surface area contributed by atoms with Crippen LogP contribution in [0.3, 0.4) is 0 Å². The zero-order valence-electron chi connectivity index (χ0n) is 7.71. The van der Waals surface area contributed by atoms with Crippen molar-refractivity contribution in [2.24, 2.45) is 17.1 Å². The first-order valence-corrected chi connectivity index (χ1v) is 4.48. The lowest BCUT2D eigenvalue weighted by molar-refractivity contribution is -0.144. The summed E-state index contributed by atoms with van der Waals surface area (Å²) in [6.45, 7) is 4.13. The van der Waals surface area contributed by atoms with Crippen LogP contribution in [0.15, 0.2) is 0 Å². The number of aliphatic carboxylic acids is 1. The van der Waals surface area contributed by atoms with Crippen molar-refractivity contribution in [2.45, 2.75) is 39.2 Å². The first kappa shape index (κ1) is 9.52. The predicted molar refractivity (Wildman–Crippen MR) is 46.7 cm³/mol. The highest BCUT2D eigenvalue weighted by atomic mass is 16.4. The molecule has 70 valence electrons. The van der Waals surface area contributed by atoms with Gasteiger partial charge in [0.25, 0.3) is 0 Å². The van der Waals surface area contributed by atoms with Gasteiger partial charge in [-0.15, -0.1) is 0 Å². The highest BCUT2D eigenvalue weighted by Crippen LogP contribution is 2.49. The van der Waals surface area contributed by atoms with E-state index < -0.39 is 11.4 Å². The van der Waals surface area contributed by atoms with Gasteiger partial charge in [0.2, 0.25) is 0 Å². The second-order valence-electron chi connectivity index (χ2n) is 4.20. The molecule has 0 aromatic heterocycles. The molecule has 1 atom stereocenters. The Morgan fingerprint density at radius 3 is 2.33 bits per heavy atom. The van der Waals surface area contributed by atoms with E-state index in [4.69, 9.17) is 10.8 Å². The molecule has 3 nitrogen and oxygen atoms in total. The second kappa shape index (κ2) is 3.05. The highest BCUT2D eigenvalue weighted by molar-refractivity contribution is 5.78. The monoisotopic (exact) mass is 171 g/mol. The van der Waals surface area contributed by atoms with Gasteiger partial charge < -0.3 is 10.8 Å². The summed E-state index contributed by atoms with van der Waals surface area (Å²) in [5.41, 5.74) is 5.27. The molecule has 12 heavy (non-hydrogen) atoms. The van der Waals surface area contributed by atoms with Gasteiger partial charge in [-0.05, 0) is 25.2 Å². The van der Waals surface area contributed by atoms with Gasteiger partial charge in [-0.3, -0.25) is 4.79 Å². The lowest BCUT2D eigenvalue weighted by Crippen LogP contribution is -2.38. The van der Waals surface area contributed by atoms with Crippen molar-refractivity contribution >= 4 is 5.97 Å². The Kier molecular flexibility index (Phi) is 2.42. The Hall–Kier alpha value is -0.570. The van der Waals surface area contributed by atoms with Gasteiger partial charge in [-0.25, -0.2) is 0 Å². The Labute approximate surface area is 72.9 Å². The SMILES string of the molecule is CC(C)CC(N)C1(C(=O)O)CC1. The van der Waals surface area contributed by atoms with E-state index in [-0.39, 0.29) is 6.04 Å². The van der Waals surface area contributed by atoms with E-state index >= 15 is 0 Å². The molecule has 0 bridgehead atoms. The van der Waals surface area contributed by atoms with E-state index in [2.05, 4.69) is 13.8 Å². The molecular formula is C9H17NO2. The van der Waals surface area contributed by atoms with Crippen LogP contribution in [0, 0.1) is 11.3 Å². The summed E-state index contributed by atoms with van der Waals surface area (Å²) in [6.07, 6.45) is 2.33. The van der Waals surface area contributed by atoms with Crippen molar-refractivity contribution < 1.29 is 9.90 Å². The summed E-state index contributed by atoms with van der Waals surface area (Å²) in [5, 5.41) is 8.91. The number of hydrogen-bond donors (Lipinski definition) is 2. The molecule has 1 unspecified atom stereocenters. The fourth-order valence-electron chi connectivity index (χ4n) is 1.61. The molecule has 0 heterocycles. The number of carbonyl (C=O) groups is 1. The molecule has 0 radical (unpaired) electrons. The van der Waals surface area contributed by atoms with Crippen molar-refractivity contribution in [1.82, 2.24) is 0 Å². The Morgan fingerprint density at radius 2 is 2.08 bits per heavy atom. The molecule has 3 heteroatoms. The molecule has 1 aliphatic rings. The number of rotatable bonds is 4. The highest BCUT2D eigenvalue weighted by Gasteiger charge is 2.54. The third-order valence-corrected chi connectivity index (χ3v) is 2.65. The van der Waals surface area contributed by atoms with E-state index in [9.17, 15) is 4.79 Å². The average molecular weight is 171 g/mol. The van der Waals surface area contributed by atoms with Gasteiger partial charge in [-0.2, -0.15) is 0 Å². The second-order valence-corrected chi connectivity index (χ2v) is 4.20. The summed E-state index contributed by atoms with van der Waals surface area (Å²) in [7, 11) is 0. The van der Waals surface area contributed by atoms with Gasteiger partial charge in [0.1, 0.15) is 0 Å². The van der Waals surface area contributed by atoms with Crippen LogP contribution in [0.2, 0.25) is 0 Å². The van der Waals surface area contributed by atoms with Gasteiger partial charge in [0.05, 0.1) is 5.41 Å². The third-order valence-electron chi connectivity index (χ3n) is 2.65. The van der Waals surface area contributed by atoms with Crippen LogP contribution >= 0.6 is 0 Å². The number of hydrogen-bond acceptors (Lipinski definition) is 2. The number of nitrogens with two attached hydrogens (primary N) is 1. The summed E-state index contributed by atoms with van der Waals surface area (Å²) in [5.74, 6) is -0.229. The minimum Gasteiger partial charge on any atom is -0.481 e. The first-order chi connectivity index (χ1) is 5.49. The van der Waals surface area contributed by atoms with Crippen LogP contribution in [0.4, 0.5) is 0 Å². The molecule has 0 aromatic carbocycles. The standard InChI is InChI=1S/C9H17NO2/c1-6(2)5-7(10)9(3-4-9)8(11)12/h6-7H,3-5,10H2,1-2H3,(H,11,12). The van der Waals surface area contributed by atoms with Gasteiger partial charge in [0.15, 0.2) is 0 Å². The lowest BCUT2D eigenvalue weighted by atomic mass is 9.90. The minimum absolute atomic E-state index is 0.157. The molecule has 1 fully saturated rings. The van der Waals surface area contributed by atoms with Crippen molar-refractivity contribution in [1.29, 1.82) is 0 Å². The van der Waals surface area contributed by atoms with Crippen LogP contribution < -0.4 is 5.73 Å². The molecule has 0 aromatic rings. The van der Waals surface area contributed by atoms with Crippen molar-refractivity contribution in [3.05, 3.63) is 0 Å². The Balaban J connectivity index is 2.52. The molecule has 1 saturated carbocycles. The average Bonchev–Trinajstić information content (AvgIpc) is 2.63. The zero-order valence-corrected chi connectivity index (χ0v) is 7.71. The maximum Gasteiger partial charge on any atom is 0.311 e. The van der Waals surface area contributed by atoms with E-state index in [1.54, 1.807) is 0 Å². The van der Waals surface area contributed by atoms with Crippen molar-refractivity contribution in [2.75, 3.05) is 0 Å². The van der Waals surface area contributed by atoms with E-state index in [1.165, 1.54) is 0 Å². The third kappa shape index (κ3) is 1.61. The fourth-order valence-corrected chi connectivity index (χ4v) is 1.61. The van der Waals surface area contributed by atoms with Crippen LogP contribution in [0.25, 0.3) is 0 Å². The van der Waals surface area contributed by atoms with Gasteiger partial charge in [0, 0.05) is 6.04 Å². The summed E-state index contributed by atoms with van der Waals surface area (Å²) in [4.78, 5) is 10.8.